The Morgan fingerprint density at radius 3 is 2.11 bits per heavy atom. The molecule has 0 bridgehead atoms. The van der Waals surface area contributed by atoms with Crippen LogP contribution in [0.1, 0.15) is 19.4 Å². The van der Waals surface area contributed by atoms with E-state index in [0.29, 0.717) is 19.2 Å². The summed E-state index contributed by atoms with van der Waals surface area (Å²) in [6.07, 6.45) is -2.41. The van der Waals surface area contributed by atoms with Crippen molar-refractivity contribution in [2.24, 2.45) is 0 Å². The van der Waals surface area contributed by atoms with E-state index in [1.54, 1.807) is 0 Å². The molecule has 0 aliphatic heterocycles. The molecule has 3 unspecified atom stereocenters. The number of hydrogen-bond acceptors (Lipinski definition) is 7. The molecule has 0 aromatic heterocycles. The highest BCUT2D eigenvalue weighted by Gasteiger charge is 2.29. The second-order valence-electron chi connectivity index (χ2n) is 6.19. The van der Waals surface area contributed by atoms with E-state index in [-0.39, 0.29) is 0 Å². The maximum Gasteiger partial charge on any atom is 0.335 e. The molecule has 9 nitrogen and oxygen atoms in total. The summed E-state index contributed by atoms with van der Waals surface area (Å²) in [5.74, 6) is -2.72. The van der Waals surface area contributed by atoms with Gasteiger partial charge in [-0.2, -0.15) is 0 Å². The summed E-state index contributed by atoms with van der Waals surface area (Å²) in [5, 5.41) is 45.5. The molecule has 0 heterocycles. The molecular weight excluding hydrogens is 370 g/mol. The Bertz CT molecular complexity index is 602. The van der Waals surface area contributed by atoms with Gasteiger partial charge in [0, 0.05) is 12.6 Å². The van der Waals surface area contributed by atoms with Gasteiger partial charge in [0.25, 0.3) is 0 Å². The van der Waals surface area contributed by atoms with Crippen LogP contribution in [0, 0.1) is 0 Å². The van der Waals surface area contributed by atoms with Crippen molar-refractivity contribution in [3.05, 3.63) is 42.5 Å². The molecule has 0 saturated carbocycles. The average Bonchev–Trinajstić information content (AvgIpc) is 2.65. The molecule has 9 heteroatoms. The molecular formula is C19H29NO8. The van der Waals surface area contributed by atoms with Crippen LogP contribution in [0.5, 0.6) is 5.75 Å². The van der Waals surface area contributed by atoms with Gasteiger partial charge in [-0.15, -0.1) is 6.58 Å². The van der Waals surface area contributed by atoms with Crippen LogP contribution in [-0.4, -0.2) is 75.0 Å². The predicted molar refractivity (Wildman–Crippen MR) is 102 cm³/mol. The van der Waals surface area contributed by atoms with Crippen molar-refractivity contribution in [3.8, 4) is 5.75 Å². The molecule has 0 spiro atoms. The van der Waals surface area contributed by atoms with Crippen molar-refractivity contribution < 1.29 is 39.9 Å². The lowest BCUT2D eigenvalue weighted by Gasteiger charge is -2.16. The van der Waals surface area contributed by atoms with Crippen LogP contribution in [0.25, 0.3) is 0 Å². The third-order valence-corrected chi connectivity index (χ3v) is 3.33. The van der Waals surface area contributed by atoms with Crippen molar-refractivity contribution in [1.29, 1.82) is 0 Å². The van der Waals surface area contributed by atoms with E-state index in [1.807, 2.05) is 44.2 Å². The molecule has 3 atom stereocenters. The molecule has 0 fully saturated rings. The number of ether oxygens (including phenoxy) is 1. The van der Waals surface area contributed by atoms with Crippen LogP contribution in [0.4, 0.5) is 0 Å². The molecule has 0 aliphatic rings. The van der Waals surface area contributed by atoms with Gasteiger partial charge in [-0.3, -0.25) is 0 Å². The van der Waals surface area contributed by atoms with Gasteiger partial charge in [-0.1, -0.05) is 38.1 Å². The lowest BCUT2D eigenvalue weighted by Crippen LogP contribution is -2.39. The molecule has 1 rings (SSSR count). The molecule has 158 valence electrons. The third-order valence-electron chi connectivity index (χ3n) is 3.33. The van der Waals surface area contributed by atoms with Gasteiger partial charge in [0.2, 0.25) is 0 Å². The topological polar surface area (TPSA) is 157 Å². The number of hydrogen-bond donors (Lipinski definition) is 6. The zero-order valence-electron chi connectivity index (χ0n) is 16.0. The van der Waals surface area contributed by atoms with E-state index in [9.17, 15) is 14.7 Å². The second kappa shape index (κ2) is 13.7. The zero-order chi connectivity index (χ0) is 21.7. The summed E-state index contributed by atoms with van der Waals surface area (Å²) in [6, 6.07) is 8.20. The minimum Gasteiger partial charge on any atom is -0.491 e. The molecule has 6 N–H and O–H groups in total. The van der Waals surface area contributed by atoms with E-state index in [4.69, 9.17) is 25.2 Å². The molecule has 0 saturated heterocycles. The lowest BCUT2D eigenvalue weighted by molar-refractivity contribution is -0.165. The van der Waals surface area contributed by atoms with Crippen molar-refractivity contribution in [1.82, 2.24) is 5.32 Å². The highest BCUT2D eigenvalue weighted by molar-refractivity contribution is 5.83. The first-order chi connectivity index (χ1) is 13.1. The number of aliphatic hydroxyl groups excluding tert-OH is 3. The fraction of sp³-hybridized carbons (Fsp3) is 0.474. The summed E-state index contributed by atoms with van der Waals surface area (Å²) >= 11 is 0. The van der Waals surface area contributed by atoms with Crippen LogP contribution < -0.4 is 10.1 Å². The van der Waals surface area contributed by atoms with E-state index in [0.717, 1.165) is 17.7 Å². The average molecular weight is 399 g/mol. The molecule has 1 aromatic carbocycles. The number of carboxylic acids is 2. The number of aliphatic carboxylic acids is 2. The fourth-order valence-electron chi connectivity index (χ4n) is 1.86. The minimum atomic E-state index is -2.27. The summed E-state index contributed by atoms with van der Waals surface area (Å²) in [6.45, 7) is 8.67. The van der Waals surface area contributed by atoms with Crippen LogP contribution in [-0.2, 0) is 16.0 Å². The zero-order valence-corrected chi connectivity index (χ0v) is 16.0. The Hall–Kier alpha value is -2.46. The number of carbonyl (C=O) groups is 2. The number of benzene rings is 1. The Morgan fingerprint density at radius 1 is 1.11 bits per heavy atom. The monoisotopic (exact) mass is 399 g/mol. The fourth-order valence-corrected chi connectivity index (χ4v) is 1.86. The molecule has 0 radical (unpaired) electrons. The quantitative estimate of drug-likeness (QED) is 0.283. The number of rotatable bonds is 11. The first-order valence-electron chi connectivity index (χ1n) is 8.64. The number of nitrogens with one attached hydrogen (secondary N) is 1. The van der Waals surface area contributed by atoms with Gasteiger partial charge in [0.1, 0.15) is 18.5 Å². The van der Waals surface area contributed by atoms with Gasteiger partial charge in [0.05, 0.1) is 0 Å². The number of aliphatic hydroxyl groups is 3. The Morgan fingerprint density at radius 2 is 1.64 bits per heavy atom. The van der Waals surface area contributed by atoms with E-state index >= 15 is 0 Å². The van der Waals surface area contributed by atoms with Crippen molar-refractivity contribution >= 4 is 11.9 Å². The normalized spacial score (nSPS) is 13.6. The first-order valence-corrected chi connectivity index (χ1v) is 8.64. The lowest BCUT2D eigenvalue weighted by atomic mass is 10.1. The molecule has 28 heavy (non-hydrogen) atoms. The Labute approximate surface area is 163 Å². The molecule has 1 aromatic rings. The van der Waals surface area contributed by atoms with Crippen molar-refractivity contribution in [2.75, 3.05) is 13.2 Å². The maximum atomic E-state index is 9.77. The summed E-state index contributed by atoms with van der Waals surface area (Å²) in [7, 11) is 0. The number of para-hydroxylation sites is 1. The number of allylic oxidation sites excluding steroid dienone is 1. The van der Waals surface area contributed by atoms with Crippen molar-refractivity contribution in [2.45, 2.75) is 44.6 Å². The van der Waals surface area contributed by atoms with E-state index in [2.05, 4.69) is 11.9 Å². The van der Waals surface area contributed by atoms with E-state index < -0.39 is 30.3 Å². The van der Waals surface area contributed by atoms with Crippen LogP contribution in [0.15, 0.2) is 36.9 Å². The predicted octanol–water partition coefficient (Wildman–Crippen LogP) is 0.0302. The molecule has 0 amide bonds. The highest BCUT2D eigenvalue weighted by Crippen LogP contribution is 2.18. The summed E-state index contributed by atoms with van der Waals surface area (Å²) < 4.78 is 5.65. The Balaban J connectivity index is 0.000000621. The summed E-state index contributed by atoms with van der Waals surface area (Å²) in [5.41, 5.74) is 1.09. The maximum absolute atomic E-state index is 9.77. The van der Waals surface area contributed by atoms with Gasteiger partial charge in [-0.25, -0.2) is 9.59 Å². The van der Waals surface area contributed by atoms with Crippen LogP contribution in [0.2, 0.25) is 0 Å². The van der Waals surface area contributed by atoms with Crippen molar-refractivity contribution in [3.63, 3.8) is 0 Å². The first kappa shape index (κ1) is 25.5. The second-order valence-corrected chi connectivity index (χ2v) is 6.19. The van der Waals surface area contributed by atoms with E-state index in [1.165, 1.54) is 0 Å². The van der Waals surface area contributed by atoms with Gasteiger partial charge in [-0.05, 0) is 18.1 Å². The highest BCUT2D eigenvalue weighted by atomic mass is 16.5. The van der Waals surface area contributed by atoms with Crippen LogP contribution >= 0.6 is 0 Å². The number of carboxylic acid groups (broad SMARTS) is 2. The minimum absolute atomic E-state index is 0.299. The third kappa shape index (κ3) is 10.6. The van der Waals surface area contributed by atoms with Gasteiger partial charge < -0.3 is 35.6 Å². The van der Waals surface area contributed by atoms with Gasteiger partial charge >= 0.3 is 11.9 Å². The Kier molecular flexibility index (Phi) is 12.5. The molecule has 0 aliphatic carbocycles. The summed E-state index contributed by atoms with van der Waals surface area (Å²) in [4.78, 5) is 19.5. The standard InChI is InChI=1S/C15H23NO2.C4H6O6/c1-4-7-13-8-5-6-9-15(13)18-11-14(17)10-16-12(2)3;5-1(3(7)8)2(6)4(9)10/h4-6,8-9,12,14,16-17H,1,7,10-11H2,2-3H3;1-2,5-6H,(H,7,8)(H,9,10). The van der Waals surface area contributed by atoms with Gasteiger partial charge in [0.15, 0.2) is 12.2 Å². The SMILES string of the molecule is C=CCc1ccccc1OCC(O)CNC(C)C.O=C(O)C(O)C(O)C(=O)O. The van der Waals surface area contributed by atoms with Crippen LogP contribution in [0.3, 0.4) is 0 Å². The largest absolute Gasteiger partial charge is 0.491 e. The smallest absolute Gasteiger partial charge is 0.335 e.